The number of phenols is 1. The van der Waals surface area contributed by atoms with Crippen molar-refractivity contribution in [3.05, 3.63) is 58.9 Å². The summed E-state index contributed by atoms with van der Waals surface area (Å²) >= 11 is 5.81. The molecular weight excluding hydrogens is 264 g/mol. The van der Waals surface area contributed by atoms with Gasteiger partial charge in [0, 0.05) is 17.4 Å². The maximum Gasteiger partial charge on any atom is 0.255 e. The van der Waals surface area contributed by atoms with E-state index < -0.39 is 0 Å². The van der Waals surface area contributed by atoms with Gasteiger partial charge in [-0.25, -0.2) is 0 Å². The van der Waals surface area contributed by atoms with Gasteiger partial charge in [-0.3, -0.25) is 9.78 Å². The summed E-state index contributed by atoms with van der Waals surface area (Å²) in [6.45, 7) is 1.84. The zero-order chi connectivity index (χ0) is 13.8. The number of carbonyl (C=O) groups is 1. The lowest BCUT2D eigenvalue weighted by atomic mass is 10.1. The molecule has 0 aliphatic carbocycles. The highest BCUT2D eigenvalue weighted by Crippen LogP contribution is 2.22. The molecule has 4 nitrogen and oxygen atoms in total. The molecule has 1 atom stereocenters. The number of hydrogen-bond acceptors (Lipinski definition) is 3. The molecule has 98 valence electrons. The van der Waals surface area contributed by atoms with Crippen molar-refractivity contribution >= 4 is 17.5 Å². The second-order valence-electron chi connectivity index (χ2n) is 4.14. The van der Waals surface area contributed by atoms with Gasteiger partial charge in [0.2, 0.25) is 0 Å². The highest BCUT2D eigenvalue weighted by atomic mass is 35.5. The fourth-order valence-electron chi connectivity index (χ4n) is 1.68. The summed E-state index contributed by atoms with van der Waals surface area (Å²) in [5.41, 5.74) is 1.04. The lowest BCUT2D eigenvalue weighted by molar-refractivity contribution is 0.0937. The summed E-state index contributed by atoms with van der Waals surface area (Å²) in [5, 5.41) is 12.8. The van der Waals surface area contributed by atoms with Gasteiger partial charge < -0.3 is 10.4 Å². The minimum atomic E-state index is -0.378. The van der Waals surface area contributed by atoms with E-state index in [4.69, 9.17) is 11.6 Å². The highest BCUT2D eigenvalue weighted by molar-refractivity contribution is 6.31. The number of halogens is 1. The van der Waals surface area contributed by atoms with E-state index in [9.17, 15) is 9.90 Å². The molecule has 1 aromatic carbocycles. The highest BCUT2D eigenvalue weighted by Gasteiger charge is 2.15. The Kier molecular flexibility index (Phi) is 4.02. The second-order valence-corrected chi connectivity index (χ2v) is 4.58. The van der Waals surface area contributed by atoms with Crippen molar-refractivity contribution in [3.8, 4) is 5.75 Å². The standard InChI is InChI=1S/C14H13ClN2O2/c1-9(10-3-2-6-16-8-10)17-14(19)12-7-11(15)4-5-13(12)18/h2-9,18H,1H3,(H,17,19). The number of phenolic OH excluding ortho intramolecular Hbond substituents is 1. The number of rotatable bonds is 3. The Hall–Kier alpha value is -2.07. The van der Waals surface area contributed by atoms with E-state index in [2.05, 4.69) is 10.3 Å². The van der Waals surface area contributed by atoms with E-state index in [-0.39, 0.29) is 23.3 Å². The Morgan fingerprint density at radius 1 is 1.42 bits per heavy atom. The van der Waals surface area contributed by atoms with E-state index >= 15 is 0 Å². The zero-order valence-corrected chi connectivity index (χ0v) is 11.1. The van der Waals surface area contributed by atoms with E-state index in [1.807, 2.05) is 13.0 Å². The number of nitrogens with zero attached hydrogens (tertiary/aromatic N) is 1. The molecule has 2 aromatic rings. The van der Waals surface area contributed by atoms with Gasteiger partial charge in [0.15, 0.2) is 0 Å². The van der Waals surface area contributed by atoms with Crippen LogP contribution in [0.5, 0.6) is 5.75 Å². The van der Waals surface area contributed by atoms with Crippen LogP contribution in [0.4, 0.5) is 0 Å². The molecule has 0 bridgehead atoms. The first kappa shape index (κ1) is 13.4. The molecule has 5 heteroatoms. The van der Waals surface area contributed by atoms with Crippen molar-refractivity contribution in [2.75, 3.05) is 0 Å². The number of pyridine rings is 1. The smallest absolute Gasteiger partial charge is 0.255 e. The van der Waals surface area contributed by atoms with Crippen LogP contribution in [0.3, 0.4) is 0 Å². The maximum atomic E-state index is 12.1. The van der Waals surface area contributed by atoms with Gasteiger partial charge in [0.1, 0.15) is 5.75 Å². The third-order valence-electron chi connectivity index (χ3n) is 2.74. The molecule has 2 N–H and O–H groups in total. The first-order chi connectivity index (χ1) is 9.08. The minimum absolute atomic E-state index is 0.0970. The number of aromatic hydroxyl groups is 1. The molecule has 0 spiro atoms. The zero-order valence-electron chi connectivity index (χ0n) is 10.3. The molecule has 0 fully saturated rings. The summed E-state index contributed by atoms with van der Waals surface area (Å²) in [4.78, 5) is 16.0. The number of hydrogen-bond donors (Lipinski definition) is 2. The monoisotopic (exact) mass is 276 g/mol. The predicted molar refractivity (Wildman–Crippen MR) is 73.2 cm³/mol. The molecule has 0 saturated carbocycles. The van der Waals surface area contributed by atoms with Crippen molar-refractivity contribution in [1.29, 1.82) is 0 Å². The van der Waals surface area contributed by atoms with Crippen LogP contribution >= 0.6 is 11.6 Å². The lowest BCUT2D eigenvalue weighted by Crippen LogP contribution is -2.26. The average molecular weight is 277 g/mol. The van der Waals surface area contributed by atoms with Gasteiger partial charge in [-0.15, -0.1) is 0 Å². The van der Waals surface area contributed by atoms with Crippen molar-refractivity contribution in [2.24, 2.45) is 0 Å². The van der Waals surface area contributed by atoms with Gasteiger partial charge in [-0.2, -0.15) is 0 Å². The van der Waals surface area contributed by atoms with Crippen molar-refractivity contribution in [3.63, 3.8) is 0 Å². The normalized spacial score (nSPS) is 11.9. The third kappa shape index (κ3) is 3.23. The Morgan fingerprint density at radius 3 is 2.89 bits per heavy atom. The fraction of sp³-hybridized carbons (Fsp3) is 0.143. The van der Waals surface area contributed by atoms with E-state index in [0.29, 0.717) is 5.02 Å². The summed E-state index contributed by atoms with van der Waals surface area (Å²) in [6, 6.07) is 7.82. The summed E-state index contributed by atoms with van der Waals surface area (Å²) in [7, 11) is 0. The average Bonchev–Trinajstić information content (AvgIpc) is 2.42. The number of benzene rings is 1. The summed E-state index contributed by atoms with van der Waals surface area (Å²) in [6.07, 6.45) is 3.35. The molecule has 1 unspecified atom stereocenters. The van der Waals surface area contributed by atoms with Crippen molar-refractivity contribution in [1.82, 2.24) is 10.3 Å². The van der Waals surface area contributed by atoms with Crippen LogP contribution in [0.2, 0.25) is 5.02 Å². The predicted octanol–water partition coefficient (Wildman–Crippen LogP) is 2.93. The van der Waals surface area contributed by atoms with Crippen molar-refractivity contribution < 1.29 is 9.90 Å². The first-order valence-electron chi connectivity index (χ1n) is 5.77. The van der Waals surface area contributed by atoms with Gasteiger partial charge in [0.05, 0.1) is 11.6 Å². The number of nitrogens with one attached hydrogen (secondary N) is 1. The Balaban J connectivity index is 2.15. The van der Waals surface area contributed by atoms with Crippen LogP contribution in [0.1, 0.15) is 28.9 Å². The van der Waals surface area contributed by atoms with Gasteiger partial charge >= 0.3 is 0 Å². The van der Waals surface area contributed by atoms with E-state index in [0.717, 1.165) is 5.56 Å². The number of carbonyl (C=O) groups excluding carboxylic acids is 1. The molecule has 19 heavy (non-hydrogen) atoms. The molecule has 1 heterocycles. The fourth-order valence-corrected chi connectivity index (χ4v) is 1.85. The largest absolute Gasteiger partial charge is 0.507 e. The molecule has 0 saturated heterocycles. The Labute approximate surface area is 116 Å². The van der Waals surface area contributed by atoms with Gasteiger partial charge in [-0.1, -0.05) is 17.7 Å². The second kappa shape index (κ2) is 5.71. The van der Waals surface area contributed by atoms with Gasteiger partial charge in [0.25, 0.3) is 5.91 Å². The molecule has 2 rings (SSSR count). The van der Waals surface area contributed by atoms with E-state index in [1.165, 1.54) is 18.2 Å². The molecule has 1 aromatic heterocycles. The quantitative estimate of drug-likeness (QED) is 0.906. The molecule has 0 aliphatic heterocycles. The van der Waals surface area contributed by atoms with Crippen LogP contribution in [0, 0.1) is 0 Å². The van der Waals surface area contributed by atoms with Crippen molar-refractivity contribution in [2.45, 2.75) is 13.0 Å². The van der Waals surface area contributed by atoms with Crippen LogP contribution in [0.15, 0.2) is 42.7 Å². The summed E-state index contributed by atoms with van der Waals surface area (Å²) < 4.78 is 0. The molecule has 0 aliphatic rings. The minimum Gasteiger partial charge on any atom is -0.507 e. The number of amides is 1. The van der Waals surface area contributed by atoms with E-state index in [1.54, 1.807) is 18.5 Å². The maximum absolute atomic E-state index is 12.1. The SMILES string of the molecule is CC(NC(=O)c1cc(Cl)ccc1O)c1cccnc1. The Bertz CT molecular complexity index is 587. The van der Waals surface area contributed by atoms with Gasteiger partial charge in [-0.05, 0) is 36.8 Å². The van der Waals surface area contributed by atoms with Crippen LogP contribution in [-0.2, 0) is 0 Å². The number of aromatic nitrogens is 1. The lowest BCUT2D eigenvalue weighted by Gasteiger charge is -2.14. The topological polar surface area (TPSA) is 62.2 Å². The summed E-state index contributed by atoms with van der Waals surface area (Å²) in [5.74, 6) is -0.475. The Morgan fingerprint density at radius 2 is 2.21 bits per heavy atom. The molecule has 1 amide bonds. The molecule has 0 radical (unpaired) electrons. The van der Waals surface area contributed by atoms with Crippen LogP contribution in [0.25, 0.3) is 0 Å². The van der Waals surface area contributed by atoms with Crippen LogP contribution in [-0.4, -0.2) is 16.0 Å². The first-order valence-corrected chi connectivity index (χ1v) is 6.15. The molecular formula is C14H13ClN2O2. The van der Waals surface area contributed by atoms with Crippen LogP contribution < -0.4 is 5.32 Å². The third-order valence-corrected chi connectivity index (χ3v) is 2.97.